The van der Waals surface area contributed by atoms with Crippen molar-refractivity contribution in [3.05, 3.63) is 64.7 Å². The van der Waals surface area contributed by atoms with Crippen LogP contribution in [0.3, 0.4) is 0 Å². The van der Waals surface area contributed by atoms with Gasteiger partial charge in [-0.3, -0.25) is 0 Å². The first-order chi connectivity index (χ1) is 10.3. The van der Waals surface area contributed by atoms with E-state index in [2.05, 4.69) is 24.4 Å². The van der Waals surface area contributed by atoms with Gasteiger partial charge in [-0.2, -0.15) is 0 Å². The predicted octanol–water partition coefficient (Wildman–Crippen LogP) is 4.46. The Morgan fingerprint density at radius 3 is 2.76 bits per heavy atom. The zero-order chi connectivity index (χ0) is 14.9. The van der Waals surface area contributed by atoms with Crippen molar-refractivity contribution in [2.24, 2.45) is 0 Å². The number of hydrogen-bond donors (Lipinski definition) is 1. The summed E-state index contributed by atoms with van der Waals surface area (Å²) in [5.41, 5.74) is 2.46. The summed E-state index contributed by atoms with van der Waals surface area (Å²) in [6.07, 6.45) is 2.00. The van der Waals surface area contributed by atoms with Crippen LogP contribution in [-0.2, 0) is 13.0 Å². The van der Waals surface area contributed by atoms with Gasteiger partial charge in [0.15, 0.2) is 0 Å². The van der Waals surface area contributed by atoms with Crippen molar-refractivity contribution in [3.8, 4) is 5.75 Å². The molecule has 0 saturated heterocycles. The van der Waals surface area contributed by atoms with E-state index in [0.717, 1.165) is 43.3 Å². The van der Waals surface area contributed by atoms with Crippen LogP contribution in [0.5, 0.6) is 5.75 Å². The summed E-state index contributed by atoms with van der Waals surface area (Å²) >= 11 is 5.99. The molecule has 0 amide bonds. The molecular weight excluding hydrogens is 282 g/mol. The number of rotatable bonds is 8. The predicted molar refractivity (Wildman–Crippen MR) is 89.1 cm³/mol. The first-order valence-corrected chi connectivity index (χ1v) is 7.83. The molecule has 2 aromatic carbocycles. The number of benzene rings is 2. The molecule has 0 radical (unpaired) electrons. The SMILES string of the molecule is CCCOc1ccccc1CNCCc1cccc(Cl)c1. The van der Waals surface area contributed by atoms with Gasteiger partial charge in [0, 0.05) is 17.1 Å². The van der Waals surface area contributed by atoms with Gasteiger partial charge in [-0.25, -0.2) is 0 Å². The molecule has 0 aliphatic carbocycles. The molecule has 0 aromatic heterocycles. The van der Waals surface area contributed by atoms with Crippen LogP contribution in [0.2, 0.25) is 5.02 Å². The molecule has 21 heavy (non-hydrogen) atoms. The maximum atomic E-state index is 5.99. The van der Waals surface area contributed by atoms with Crippen molar-refractivity contribution >= 4 is 11.6 Å². The summed E-state index contributed by atoms with van der Waals surface area (Å²) in [5, 5.41) is 4.26. The average molecular weight is 304 g/mol. The molecule has 0 saturated carbocycles. The van der Waals surface area contributed by atoms with Gasteiger partial charge in [-0.15, -0.1) is 0 Å². The highest BCUT2D eigenvalue weighted by Crippen LogP contribution is 2.18. The first kappa shape index (κ1) is 15.9. The minimum atomic E-state index is 0.763. The first-order valence-electron chi connectivity index (χ1n) is 7.45. The molecule has 0 bridgehead atoms. The van der Waals surface area contributed by atoms with E-state index in [9.17, 15) is 0 Å². The summed E-state index contributed by atoms with van der Waals surface area (Å²) < 4.78 is 5.76. The molecule has 0 heterocycles. The van der Waals surface area contributed by atoms with E-state index in [1.165, 1.54) is 11.1 Å². The molecule has 2 nitrogen and oxygen atoms in total. The van der Waals surface area contributed by atoms with Crippen LogP contribution in [0.15, 0.2) is 48.5 Å². The highest BCUT2D eigenvalue weighted by atomic mass is 35.5. The Bertz CT molecular complexity index is 556. The molecular formula is C18H22ClNO. The highest BCUT2D eigenvalue weighted by molar-refractivity contribution is 6.30. The van der Waals surface area contributed by atoms with Crippen molar-refractivity contribution in [1.29, 1.82) is 0 Å². The second-order valence-corrected chi connectivity index (χ2v) is 5.45. The van der Waals surface area contributed by atoms with Crippen LogP contribution >= 0.6 is 11.6 Å². The van der Waals surface area contributed by atoms with Gasteiger partial charge < -0.3 is 10.1 Å². The minimum absolute atomic E-state index is 0.763. The Morgan fingerprint density at radius 2 is 1.95 bits per heavy atom. The van der Waals surface area contributed by atoms with Crippen molar-refractivity contribution in [1.82, 2.24) is 5.32 Å². The number of halogens is 1. The van der Waals surface area contributed by atoms with Crippen LogP contribution in [0.25, 0.3) is 0 Å². The third kappa shape index (κ3) is 5.41. The quantitative estimate of drug-likeness (QED) is 0.727. The average Bonchev–Trinajstić information content (AvgIpc) is 2.50. The standard InChI is InChI=1S/C18H22ClNO/c1-2-12-21-18-9-4-3-7-16(18)14-20-11-10-15-6-5-8-17(19)13-15/h3-9,13,20H,2,10-12,14H2,1H3. The van der Waals surface area contributed by atoms with Crippen molar-refractivity contribution in [2.75, 3.05) is 13.2 Å². The van der Waals surface area contributed by atoms with E-state index in [4.69, 9.17) is 16.3 Å². The molecule has 0 atom stereocenters. The van der Waals surface area contributed by atoms with Gasteiger partial charge in [0.25, 0.3) is 0 Å². The van der Waals surface area contributed by atoms with Crippen LogP contribution in [0.4, 0.5) is 0 Å². The molecule has 1 N–H and O–H groups in total. The van der Waals surface area contributed by atoms with Gasteiger partial charge >= 0.3 is 0 Å². The van der Waals surface area contributed by atoms with Gasteiger partial charge in [0.1, 0.15) is 5.75 Å². The van der Waals surface area contributed by atoms with E-state index in [0.29, 0.717) is 0 Å². The highest BCUT2D eigenvalue weighted by Gasteiger charge is 2.02. The van der Waals surface area contributed by atoms with Crippen molar-refractivity contribution in [2.45, 2.75) is 26.3 Å². The Labute approximate surface area is 132 Å². The summed E-state index contributed by atoms with van der Waals surface area (Å²) in [5.74, 6) is 0.981. The zero-order valence-corrected chi connectivity index (χ0v) is 13.2. The van der Waals surface area contributed by atoms with Crippen LogP contribution in [0, 0.1) is 0 Å². The van der Waals surface area contributed by atoms with E-state index >= 15 is 0 Å². The lowest BCUT2D eigenvalue weighted by Crippen LogP contribution is -2.17. The van der Waals surface area contributed by atoms with E-state index in [-0.39, 0.29) is 0 Å². The second kappa shape index (κ2) is 8.71. The Morgan fingerprint density at radius 1 is 1.10 bits per heavy atom. The van der Waals surface area contributed by atoms with Crippen molar-refractivity contribution in [3.63, 3.8) is 0 Å². The number of para-hydroxylation sites is 1. The molecule has 0 aliphatic rings. The Balaban J connectivity index is 1.80. The second-order valence-electron chi connectivity index (χ2n) is 5.01. The third-order valence-corrected chi connectivity index (χ3v) is 3.46. The molecule has 2 rings (SSSR count). The topological polar surface area (TPSA) is 21.3 Å². The normalized spacial score (nSPS) is 10.6. The summed E-state index contributed by atoms with van der Waals surface area (Å²) in [6.45, 7) is 4.62. The molecule has 0 aliphatic heterocycles. The molecule has 2 aromatic rings. The van der Waals surface area contributed by atoms with Gasteiger partial charge in [-0.05, 0) is 43.1 Å². The smallest absolute Gasteiger partial charge is 0.123 e. The molecule has 112 valence electrons. The third-order valence-electron chi connectivity index (χ3n) is 3.23. The molecule has 0 unspecified atom stereocenters. The fourth-order valence-corrected chi connectivity index (χ4v) is 2.36. The summed E-state index contributed by atoms with van der Waals surface area (Å²) in [6, 6.07) is 16.2. The van der Waals surface area contributed by atoms with Crippen molar-refractivity contribution < 1.29 is 4.74 Å². The molecule has 0 fully saturated rings. The van der Waals surface area contributed by atoms with E-state index in [1.807, 2.05) is 36.4 Å². The number of ether oxygens (including phenoxy) is 1. The maximum absolute atomic E-state index is 5.99. The molecule has 0 spiro atoms. The Hall–Kier alpha value is -1.51. The fraction of sp³-hybridized carbons (Fsp3) is 0.333. The fourth-order valence-electron chi connectivity index (χ4n) is 2.15. The van der Waals surface area contributed by atoms with Crippen LogP contribution in [-0.4, -0.2) is 13.2 Å². The van der Waals surface area contributed by atoms with Gasteiger partial charge in [-0.1, -0.05) is 48.9 Å². The monoisotopic (exact) mass is 303 g/mol. The Kier molecular flexibility index (Phi) is 6.58. The maximum Gasteiger partial charge on any atom is 0.123 e. The largest absolute Gasteiger partial charge is 0.493 e. The van der Waals surface area contributed by atoms with E-state index < -0.39 is 0 Å². The minimum Gasteiger partial charge on any atom is -0.493 e. The number of hydrogen-bond acceptors (Lipinski definition) is 2. The lowest BCUT2D eigenvalue weighted by atomic mass is 10.1. The van der Waals surface area contributed by atoms with Crippen LogP contribution < -0.4 is 10.1 Å². The lowest BCUT2D eigenvalue weighted by molar-refractivity contribution is 0.313. The van der Waals surface area contributed by atoms with Gasteiger partial charge in [0.05, 0.1) is 6.61 Å². The zero-order valence-electron chi connectivity index (χ0n) is 12.4. The molecule has 3 heteroatoms. The van der Waals surface area contributed by atoms with E-state index in [1.54, 1.807) is 0 Å². The summed E-state index contributed by atoms with van der Waals surface area (Å²) in [7, 11) is 0. The van der Waals surface area contributed by atoms with Gasteiger partial charge in [0.2, 0.25) is 0 Å². The lowest BCUT2D eigenvalue weighted by Gasteiger charge is -2.11. The van der Waals surface area contributed by atoms with Crippen LogP contribution in [0.1, 0.15) is 24.5 Å². The summed E-state index contributed by atoms with van der Waals surface area (Å²) in [4.78, 5) is 0. The number of nitrogens with one attached hydrogen (secondary N) is 1.